The Morgan fingerprint density at radius 3 is 2.54 bits per heavy atom. The van der Waals surface area contributed by atoms with Crippen LogP contribution in [0.2, 0.25) is 0 Å². The summed E-state index contributed by atoms with van der Waals surface area (Å²) < 4.78 is 28.6. The predicted molar refractivity (Wildman–Crippen MR) is 94.4 cm³/mol. The van der Waals surface area contributed by atoms with E-state index in [1.807, 2.05) is 6.20 Å². The van der Waals surface area contributed by atoms with Gasteiger partial charge in [0.05, 0.1) is 11.4 Å². The van der Waals surface area contributed by atoms with Gasteiger partial charge in [-0.1, -0.05) is 0 Å². The summed E-state index contributed by atoms with van der Waals surface area (Å²) in [5, 5.41) is 3.29. The molecule has 0 radical (unpaired) electrons. The smallest absolute Gasteiger partial charge is 0.243 e. The molecule has 1 saturated carbocycles. The lowest BCUT2D eigenvalue weighted by atomic mass is 10.3. The van der Waals surface area contributed by atoms with Crippen LogP contribution in [0.15, 0.2) is 41.6 Å². The van der Waals surface area contributed by atoms with Gasteiger partial charge in [-0.2, -0.15) is 4.31 Å². The molecule has 0 bridgehead atoms. The Kier molecular flexibility index (Phi) is 4.64. The molecule has 1 N–H and O–H groups in total. The zero-order chi connectivity index (χ0) is 17.3. The highest BCUT2D eigenvalue weighted by atomic mass is 32.2. The van der Waals surface area contributed by atoms with Crippen molar-refractivity contribution in [2.75, 3.05) is 12.4 Å². The molecule has 6 nitrogen and oxygen atoms in total. The maximum absolute atomic E-state index is 12.5. The van der Waals surface area contributed by atoms with Gasteiger partial charge in [-0.05, 0) is 51.0 Å². The van der Waals surface area contributed by atoms with E-state index < -0.39 is 10.0 Å². The van der Waals surface area contributed by atoms with Crippen molar-refractivity contribution >= 4 is 15.7 Å². The zero-order valence-corrected chi connectivity index (χ0v) is 15.1. The molecule has 0 amide bonds. The van der Waals surface area contributed by atoms with Crippen LogP contribution in [-0.2, 0) is 16.6 Å². The van der Waals surface area contributed by atoms with E-state index in [0.29, 0.717) is 17.5 Å². The number of benzene rings is 1. The van der Waals surface area contributed by atoms with Crippen molar-refractivity contribution in [3.8, 4) is 0 Å². The highest BCUT2D eigenvalue weighted by Crippen LogP contribution is 2.30. The van der Waals surface area contributed by atoms with E-state index in [1.54, 1.807) is 37.5 Å². The summed E-state index contributed by atoms with van der Waals surface area (Å²) in [4.78, 5) is 4.70. The van der Waals surface area contributed by atoms with Crippen LogP contribution >= 0.6 is 0 Å². The molecule has 1 aliphatic rings. The third-order valence-electron chi connectivity index (χ3n) is 4.35. The van der Waals surface area contributed by atoms with Crippen molar-refractivity contribution in [1.29, 1.82) is 0 Å². The largest absolute Gasteiger partial charge is 0.378 e. The molecule has 24 heavy (non-hydrogen) atoms. The molecule has 1 heterocycles. The number of rotatable bonds is 7. The number of aromatic nitrogens is 2. The van der Waals surface area contributed by atoms with Gasteiger partial charge in [0.25, 0.3) is 0 Å². The van der Waals surface area contributed by atoms with Gasteiger partial charge in [0.15, 0.2) is 0 Å². The van der Waals surface area contributed by atoms with Gasteiger partial charge < -0.3 is 9.88 Å². The Bertz CT molecular complexity index is 792. The molecule has 130 valence electrons. The molecule has 1 aromatic carbocycles. The fourth-order valence-electron chi connectivity index (χ4n) is 2.68. The molecular formula is C17H24N4O2S. The normalized spacial score (nSPS) is 15.2. The van der Waals surface area contributed by atoms with Gasteiger partial charge >= 0.3 is 0 Å². The number of hydrogen-bond acceptors (Lipinski definition) is 4. The molecule has 1 aliphatic carbocycles. The molecule has 0 unspecified atom stereocenters. The first-order chi connectivity index (χ1) is 11.4. The van der Waals surface area contributed by atoms with Crippen LogP contribution in [0.25, 0.3) is 0 Å². The SMILES string of the molecule is CC(C)n1ccnc1CNc1ccc(S(=O)(=O)N(C)C2CC2)cc1. The summed E-state index contributed by atoms with van der Waals surface area (Å²) in [5.74, 6) is 0.954. The molecule has 3 rings (SSSR count). The monoisotopic (exact) mass is 348 g/mol. The van der Waals surface area contributed by atoms with Crippen molar-refractivity contribution in [2.24, 2.45) is 0 Å². The molecular weight excluding hydrogens is 324 g/mol. The Labute approximate surface area is 143 Å². The lowest BCUT2D eigenvalue weighted by Gasteiger charge is -2.17. The highest BCUT2D eigenvalue weighted by Gasteiger charge is 2.34. The lowest BCUT2D eigenvalue weighted by molar-refractivity contribution is 0.464. The minimum absolute atomic E-state index is 0.169. The molecule has 1 fully saturated rings. The maximum atomic E-state index is 12.5. The Morgan fingerprint density at radius 2 is 1.96 bits per heavy atom. The first-order valence-electron chi connectivity index (χ1n) is 8.23. The Morgan fingerprint density at radius 1 is 1.29 bits per heavy atom. The van der Waals surface area contributed by atoms with Crippen LogP contribution in [0.1, 0.15) is 38.6 Å². The fourth-order valence-corrected chi connectivity index (χ4v) is 4.09. The minimum atomic E-state index is -3.38. The second-order valence-corrected chi connectivity index (χ2v) is 8.47. The molecule has 0 saturated heterocycles. The van der Waals surface area contributed by atoms with E-state index in [-0.39, 0.29) is 6.04 Å². The standard InChI is InChI=1S/C17H24N4O2S/c1-13(2)21-11-10-18-17(21)12-19-14-4-8-16(9-5-14)24(22,23)20(3)15-6-7-15/h4-5,8-11,13,15,19H,6-7,12H2,1-3H3. The second-order valence-electron chi connectivity index (χ2n) is 6.47. The van der Waals surface area contributed by atoms with Gasteiger partial charge in [-0.3, -0.25) is 0 Å². The second kappa shape index (κ2) is 6.57. The first kappa shape index (κ1) is 17.0. The Hall–Kier alpha value is -1.86. The van der Waals surface area contributed by atoms with Gasteiger partial charge in [0.2, 0.25) is 10.0 Å². The number of nitrogens with zero attached hydrogens (tertiary/aromatic N) is 3. The highest BCUT2D eigenvalue weighted by molar-refractivity contribution is 7.89. The maximum Gasteiger partial charge on any atom is 0.243 e. The average molecular weight is 348 g/mol. The number of hydrogen-bond donors (Lipinski definition) is 1. The number of anilines is 1. The predicted octanol–water partition coefficient (Wildman–Crippen LogP) is 2.86. The third kappa shape index (κ3) is 3.47. The quantitative estimate of drug-likeness (QED) is 0.835. The first-order valence-corrected chi connectivity index (χ1v) is 9.67. The fraction of sp³-hybridized carbons (Fsp3) is 0.471. The van der Waals surface area contributed by atoms with Gasteiger partial charge in [0, 0.05) is 37.2 Å². The van der Waals surface area contributed by atoms with Crippen LogP contribution in [0.3, 0.4) is 0 Å². The van der Waals surface area contributed by atoms with E-state index in [4.69, 9.17) is 0 Å². The van der Waals surface area contributed by atoms with Crippen LogP contribution in [0.5, 0.6) is 0 Å². The van der Waals surface area contributed by atoms with Gasteiger partial charge in [0.1, 0.15) is 5.82 Å². The summed E-state index contributed by atoms with van der Waals surface area (Å²) >= 11 is 0. The number of nitrogens with one attached hydrogen (secondary N) is 1. The lowest BCUT2D eigenvalue weighted by Crippen LogP contribution is -2.28. The number of sulfonamides is 1. The van der Waals surface area contributed by atoms with Crippen LogP contribution in [-0.4, -0.2) is 35.4 Å². The van der Waals surface area contributed by atoms with Crippen molar-refractivity contribution < 1.29 is 8.42 Å². The van der Waals surface area contributed by atoms with E-state index in [2.05, 4.69) is 28.7 Å². The van der Waals surface area contributed by atoms with E-state index in [9.17, 15) is 8.42 Å². The van der Waals surface area contributed by atoms with E-state index in [1.165, 1.54) is 4.31 Å². The van der Waals surface area contributed by atoms with Gasteiger partial charge in [-0.15, -0.1) is 0 Å². The summed E-state index contributed by atoms with van der Waals surface area (Å²) in [7, 11) is -1.72. The van der Waals surface area contributed by atoms with E-state index in [0.717, 1.165) is 24.4 Å². The zero-order valence-electron chi connectivity index (χ0n) is 14.3. The Balaban J connectivity index is 1.67. The summed E-state index contributed by atoms with van der Waals surface area (Å²) in [6, 6.07) is 7.45. The number of imidazole rings is 1. The third-order valence-corrected chi connectivity index (χ3v) is 6.27. The summed E-state index contributed by atoms with van der Waals surface area (Å²) in [5.41, 5.74) is 0.876. The molecule has 2 aromatic rings. The molecule has 0 aliphatic heterocycles. The molecule has 7 heteroatoms. The van der Waals surface area contributed by atoms with Crippen molar-refractivity contribution in [3.63, 3.8) is 0 Å². The molecule has 0 atom stereocenters. The minimum Gasteiger partial charge on any atom is -0.378 e. The molecule has 1 aromatic heterocycles. The van der Waals surface area contributed by atoms with Crippen molar-refractivity contribution in [1.82, 2.24) is 13.9 Å². The molecule has 0 spiro atoms. The summed E-state index contributed by atoms with van der Waals surface area (Å²) in [6.07, 6.45) is 5.67. The topological polar surface area (TPSA) is 67.2 Å². The van der Waals surface area contributed by atoms with Crippen molar-refractivity contribution in [3.05, 3.63) is 42.5 Å². The average Bonchev–Trinajstić information content (AvgIpc) is 3.29. The van der Waals surface area contributed by atoms with Crippen molar-refractivity contribution in [2.45, 2.75) is 50.2 Å². The van der Waals surface area contributed by atoms with E-state index >= 15 is 0 Å². The summed E-state index contributed by atoms with van der Waals surface area (Å²) in [6.45, 7) is 4.82. The van der Waals surface area contributed by atoms with Crippen LogP contribution < -0.4 is 5.32 Å². The van der Waals surface area contributed by atoms with Gasteiger partial charge in [-0.25, -0.2) is 13.4 Å². The van der Waals surface area contributed by atoms with Crippen LogP contribution in [0, 0.1) is 0 Å². The van der Waals surface area contributed by atoms with Crippen LogP contribution in [0.4, 0.5) is 5.69 Å².